The predicted octanol–water partition coefficient (Wildman–Crippen LogP) is 1.92. The van der Waals surface area contributed by atoms with E-state index in [9.17, 15) is 13.2 Å². The molecule has 1 amide bonds. The Labute approximate surface area is 174 Å². The van der Waals surface area contributed by atoms with E-state index in [0.29, 0.717) is 22.8 Å². The van der Waals surface area contributed by atoms with Crippen molar-refractivity contribution < 1.29 is 17.9 Å². The minimum atomic E-state index is -3.91. The van der Waals surface area contributed by atoms with Crippen LogP contribution in [0.4, 0.5) is 5.69 Å². The van der Waals surface area contributed by atoms with Crippen molar-refractivity contribution in [2.45, 2.75) is 31.7 Å². The highest BCUT2D eigenvalue weighted by molar-refractivity contribution is 7.89. The van der Waals surface area contributed by atoms with Crippen LogP contribution in [0.15, 0.2) is 47.6 Å². The van der Waals surface area contributed by atoms with Gasteiger partial charge in [-0.15, -0.1) is 0 Å². The number of carbonyl (C=O) groups excluding carboxylic acids is 1. The van der Waals surface area contributed by atoms with E-state index in [2.05, 4.69) is 25.1 Å². The van der Waals surface area contributed by atoms with E-state index in [4.69, 9.17) is 4.74 Å². The third-order valence-corrected chi connectivity index (χ3v) is 6.10. The van der Waals surface area contributed by atoms with Crippen molar-refractivity contribution >= 4 is 21.6 Å². The van der Waals surface area contributed by atoms with Gasteiger partial charge in [0.2, 0.25) is 15.9 Å². The smallest absolute Gasteiger partial charge is 0.321 e. The lowest BCUT2D eigenvalue weighted by molar-refractivity contribution is -0.117. The van der Waals surface area contributed by atoms with Crippen molar-refractivity contribution in [2.75, 3.05) is 5.32 Å². The molecule has 0 aliphatic carbocycles. The van der Waals surface area contributed by atoms with Gasteiger partial charge in [-0.3, -0.25) is 9.48 Å². The van der Waals surface area contributed by atoms with Gasteiger partial charge in [0, 0.05) is 25.1 Å². The molecule has 0 unspecified atom stereocenters. The van der Waals surface area contributed by atoms with Crippen LogP contribution >= 0.6 is 0 Å². The van der Waals surface area contributed by atoms with Gasteiger partial charge in [-0.2, -0.15) is 9.82 Å². The second-order valence-corrected chi connectivity index (χ2v) is 8.26. The Balaban J connectivity index is 1.64. The summed E-state index contributed by atoms with van der Waals surface area (Å²) in [7, 11) is -2.25. The molecule has 0 bridgehead atoms. The Morgan fingerprint density at radius 1 is 1.13 bits per heavy atom. The normalized spacial score (nSPS) is 12.4. The minimum Gasteiger partial charge on any atom is -0.424 e. The fraction of sp³-hybridized carbons (Fsp3) is 0.263. The number of aryl methyl sites for hydroxylation is 2. The van der Waals surface area contributed by atoms with Gasteiger partial charge in [0.05, 0.1) is 17.4 Å². The highest BCUT2D eigenvalue weighted by atomic mass is 32.2. The maximum atomic E-state index is 12.7. The highest BCUT2D eigenvalue weighted by Crippen LogP contribution is 2.21. The number of anilines is 1. The summed E-state index contributed by atoms with van der Waals surface area (Å²) in [6.45, 7) is 4.73. The van der Waals surface area contributed by atoms with E-state index in [1.165, 1.54) is 11.6 Å². The van der Waals surface area contributed by atoms with Gasteiger partial charge >= 0.3 is 6.01 Å². The van der Waals surface area contributed by atoms with Gasteiger partial charge in [0.25, 0.3) is 0 Å². The maximum Gasteiger partial charge on any atom is 0.321 e. The number of hydrogen-bond donors (Lipinski definition) is 2. The molecule has 3 aromatic rings. The highest BCUT2D eigenvalue weighted by Gasteiger charge is 2.27. The molecular formula is C19H22N6O4S. The van der Waals surface area contributed by atoms with Crippen molar-refractivity contribution in [1.29, 1.82) is 0 Å². The molecule has 3 rings (SSSR count). The molecule has 11 heteroatoms. The minimum absolute atomic E-state index is 0.0780. The number of ether oxygens (including phenoxy) is 1. The van der Waals surface area contributed by atoms with E-state index in [0.717, 1.165) is 0 Å². The molecule has 158 valence electrons. The van der Waals surface area contributed by atoms with Crippen molar-refractivity contribution in [3.63, 3.8) is 0 Å². The van der Waals surface area contributed by atoms with Crippen LogP contribution in [0.5, 0.6) is 11.8 Å². The molecule has 1 aromatic carbocycles. The van der Waals surface area contributed by atoms with Gasteiger partial charge in [0.1, 0.15) is 10.6 Å². The van der Waals surface area contributed by atoms with Gasteiger partial charge in [-0.05, 0) is 51.1 Å². The Kier molecular flexibility index (Phi) is 6.13. The number of amides is 1. The fourth-order valence-corrected chi connectivity index (χ4v) is 4.43. The number of rotatable bonds is 7. The van der Waals surface area contributed by atoms with Gasteiger partial charge in [0.15, 0.2) is 0 Å². The molecule has 0 radical (unpaired) electrons. The van der Waals surface area contributed by atoms with Crippen molar-refractivity contribution in [3.8, 4) is 11.8 Å². The monoisotopic (exact) mass is 430 g/mol. The van der Waals surface area contributed by atoms with Gasteiger partial charge in [-0.25, -0.2) is 18.4 Å². The van der Waals surface area contributed by atoms with Crippen molar-refractivity contribution in [2.24, 2.45) is 7.05 Å². The lowest BCUT2D eigenvalue weighted by Crippen LogP contribution is -2.41. The summed E-state index contributed by atoms with van der Waals surface area (Å²) in [6, 6.07) is 7.44. The molecule has 0 fully saturated rings. The number of nitrogens with one attached hydrogen (secondary N) is 2. The van der Waals surface area contributed by atoms with E-state index >= 15 is 0 Å². The van der Waals surface area contributed by atoms with Gasteiger partial charge < -0.3 is 10.1 Å². The fourth-order valence-electron chi connectivity index (χ4n) is 2.79. The quantitative estimate of drug-likeness (QED) is 0.586. The second kappa shape index (κ2) is 8.59. The number of benzene rings is 1. The zero-order valence-electron chi connectivity index (χ0n) is 16.9. The molecular weight excluding hydrogens is 408 g/mol. The van der Waals surface area contributed by atoms with Crippen molar-refractivity contribution in [1.82, 2.24) is 24.5 Å². The molecule has 0 saturated carbocycles. The predicted molar refractivity (Wildman–Crippen MR) is 110 cm³/mol. The first kappa shape index (κ1) is 21.4. The average molecular weight is 430 g/mol. The molecule has 0 saturated heterocycles. The third-order valence-electron chi connectivity index (χ3n) is 4.31. The van der Waals surface area contributed by atoms with Crippen LogP contribution in [0.25, 0.3) is 0 Å². The molecule has 0 spiro atoms. The SMILES string of the molecule is Cc1nn(C)c(C)c1S(=O)(=O)N[C@H](C)C(=O)Nc1ccc(Oc2ncccn2)cc1. The van der Waals surface area contributed by atoms with Crippen LogP contribution in [0.2, 0.25) is 0 Å². The topological polar surface area (TPSA) is 128 Å². The largest absolute Gasteiger partial charge is 0.424 e. The summed E-state index contributed by atoms with van der Waals surface area (Å²) in [4.78, 5) is 20.5. The van der Waals surface area contributed by atoms with Crippen LogP contribution in [0, 0.1) is 13.8 Å². The van der Waals surface area contributed by atoms with Crippen molar-refractivity contribution in [3.05, 3.63) is 54.1 Å². The summed E-state index contributed by atoms with van der Waals surface area (Å²) >= 11 is 0. The number of hydrogen-bond acceptors (Lipinski definition) is 7. The molecule has 30 heavy (non-hydrogen) atoms. The van der Waals surface area contributed by atoms with E-state index < -0.39 is 22.0 Å². The number of carbonyl (C=O) groups is 1. The Hall–Kier alpha value is -3.31. The Morgan fingerprint density at radius 2 is 1.77 bits per heavy atom. The maximum absolute atomic E-state index is 12.7. The summed E-state index contributed by atoms with van der Waals surface area (Å²) in [6.07, 6.45) is 3.13. The lowest BCUT2D eigenvalue weighted by atomic mass is 10.2. The summed E-state index contributed by atoms with van der Waals surface area (Å²) in [5.41, 5.74) is 1.35. The average Bonchev–Trinajstić information content (AvgIpc) is 2.96. The first-order valence-electron chi connectivity index (χ1n) is 9.05. The van der Waals surface area contributed by atoms with Crippen LogP contribution in [0.3, 0.4) is 0 Å². The molecule has 0 aliphatic rings. The molecule has 1 atom stereocenters. The van der Waals surface area contributed by atoms with E-state index in [1.54, 1.807) is 63.6 Å². The van der Waals surface area contributed by atoms with E-state index in [1.807, 2.05) is 0 Å². The molecule has 0 aliphatic heterocycles. The Morgan fingerprint density at radius 3 is 2.33 bits per heavy atom. The molecule has 10 nitrogen and oxygen atoms in total. The number of nitrogens with zero attached hydrogens (tertiary/aromatic N) is 4. The summed E-state index contributed by atoms with van der Waals surface area (Å²) in [5, 5.41) is 6.78. The zero-order valence-corrected chi connectivity index (χ0v) is 17.8. The summed E-state index contributed by atoms with van der Waals surface area (Å²) < 4.78 is 34.8. The molecule has 2 heterocycles. The second-order valence-electron chi connectivity index (χ2n) is 6.61. The lowest BCUT2D eigenvalue weighted by Gasteiger charge is -2.15. The molecule has 2 aromatic heterocycles. The van der Waals surface area contributed by atoms with Gasteiger partial charge in [-0.1, -0.05) is 0 Å². The van der Waals surface area contributed by atoms with E-state index in [-0.39, 0.29) is 10.9 Å². The van der Waals surface area contributed by atoms with Crippen LogP contribution in [-0.2, 0) is 21.9 Å². The number of sulfonamides is 1. The summed E-state index contributed by atoms with van der Waals surface area (Å²) in [5.74, 6) is -0.00619. The zero-order chi connectivity index (χ0) is 21.9. The van der Waals surface area contributed by atoms with Crippen LogP contribution in [-0.4, -0.2) is 40.1 Å². The standard InChI is InChI=1S/C19H22N6O4S/c1-12-17(14(3)25(4)23-12)30(27,28)24-13(2)18(26)22-15-6-8-16(9-7-15)29-19-20-10-5-11-21-19/h5-11,13,24H,1-4H3,(H,22,26)/t13-/m1/s1. The Bertz CT molecular complexity index is 1140. The first-order valence-corrected chi connectivity index (χ1v) is 10.5. The molecule has 2 N–H and O–H groups in total. The van der Waals surface area contributed by atoms with Crippen LogP contribution < -0.4 is 14.8 Å². The third kappa shape index (κ3) is 4.81. The number of aromatic nitrogens is 4. The van der Waals surface area contributed by atoms with Crippen LogP contribution in [0.1, 0.15) is 18.3 Å². The first-order chi connectivity index (χ1) is 14.2.